The maximum atomic E-state index is 10.3. The summed E-state index contributed by atoms with van der Waals surface area (Å²) in [6, 6.07) is 0. The Morgan fingerprint density at radius 1 is 0.957 bits per heavy atom. The van der Waals surface area contributed by atoms with Crippen molar-refractivity contribution >= 4 is 14.4 Å². The number of hydrogen-bond acceptors (Lipinski definition) is 2. The van der Waals surface area contributed by atoms with Gasteiger partial charge in [0.1, 0.15) is 0 Å². The van der Waals surface area contributed by atoms with E-state index in [4.69, 9.17) is 5.11 Å². The van der Waals surface area contributed by atoms with Crippen molar-refractivity contribution in [2.24, 2.45) is 0 Å². The molecule has 0 aromatic rings. The summed E-state index contributed by atoms with van der Waals surface area (Å²) in [5.41, 5.74) is 0. The van der Waals surface area contributed by atoms with Crippen LogP contribution in [0.5, 0.6) is 0 Å². The average molecular weight is 405 g/mol. The van der Waals surface area contributed by atoms with Gasteiger partial charge in [0, 0.05) is 35.9 Å². The second-order valence-corrected chi connectivity index (χ2v) is 5.91. The number of aliphatic carboxylic acids is 1. The van der Waals surface area contributed by atoms with Gasteiger partial charge in [-0.15, -0.1) is 0 Å². The fourth-order valence-corrected chi connectivity index (χ4v) is 2.36. The van der Waals surface area contributed by atoms with Crippen molar-refractivity contribution in [1.29, 1.82) is 0 Å². The molecule has 3 radical (unpaired) electrons. The smallest absolute Gasteiger partial charge is 0.303 e. The van der Waals surface area contributed by atoms with Gasteiger partial charge in [0.25, 0.3) is 0 Å². The molecule has 1 atom stereocenters. The molecule has 0 aliphatic carbocycles. The average Bonchev–Trinajstić information content (AvgIpc) is 2.45. The fourth-order valence-electron chi connectivity index (χ4n) is 2.36. The van der Waals surface area contributed by atoms with E-state index in [0.717, 1.165) is 51.4 Å². The standard InChI is InChI=1S/C18H34O3.B.Mo/c1-2-3-4-11-14-17(19)15-12-9-7-5-6-8-10-13-16-18(20)21;;/h9,12,17,19H,2-8,10-11,13-16H2,1H3,(H,20,21);;/b12-9-;;/t17-;;/m1../s1. The van der Waals surface area contributed by atoms with Crippen LogP contribution in [0.1, 0.15) is 90.4 Å². The Balaban J connectivity index is -0.00000200. The molecular formula is C18H34BMoO3. The second kappa shape index (κ2) is 21.9. The van der Waals surface area contributed by atoms with Gasteiger partial charge in [0.15, 0.2) is 0 Å². The van der Waals surface area contributed by atoms with E-state index in [1.165, 1.54) is 25.7 Å². The van der Waals surface area contributed by atoms with Crippen molar-refractivity contribution < 1.29 is 36.1 Å². The molecule has 0 amide bonds. The van der Waals surface area contributed by atoms with Crippen LogP contribution in [-0.2, 0) is 25.9 Å². The van der Waals surface area contributed by atoms with Gasteiger partial charge < -0.3 is 10.2 Å². The monoisotopic (exact) mass is 407 g/mol. The summed E-state index contributed by atoms with van der Waals surface area (Å²) in [4.78, 5) is 10.3. The SMILES string of the molecule is CCCCCC[C@@H](O)C/C=C\CCCCCCCC(=O)O.[B].[Mo]. The topological polar surface area (TPSA) is 57.5 Å². The number of hydrogen-bond donors (Lipinski definition) is 2. The molecule has 0 unspecified atom stereocenters. The number of aliphatic hydroxyl groups excluding tert-OH is 1. The number of rotatable bonds is 15. The summed E-state index contributed by atoms with van der Waals surface area (Å²) in [5.74, 6) is -0.689. The molecule has 0 saturated carbocycles. The molecule has 0 fully saturated rings. The van der Waals surface area contributed by atoms with Crippen molar-refractivity contribution in [3.05, 3.63) is 12.2 Å². The maximum absolute atomic E-state index is 10.3. The Kier molecular flexibility index (Phi) is 26.5. The van der Waals surface area contributed by atoms with Gasteiger partial charge in [-0.2, -0.15) is 0 Å². The summed E-state index contributed by atoms with van der Waals surface area (Å²) in [6.07, 6.45) is 17.4. The Hall–Kier alpha value is -0.0768. The quantitative estimate of drug-likeness (QED) is 0.236. The number of carboxylic acid groups (broad SMARTS) is 1. The number of aliphatic hydroxyl groups is 1. The third-order valence-corrected chi connectivity index (χ3v) is 3.73. The van der Waals surface area contributed by atoms with E-state index in [0.29, 0.717) is 6.42 Å². The zero-order valence-corrected chi connectivity index (χ0v) is 16.7. The van der Waals surface area contributed by atoms with E-state index in [1.54, 1.807) is 0 Å². The van der Waals surface area contributed by atoms with Crippen LogP contribution in [-0.4, -0.2) is 30.7 Å². The van der Waals surface area contributed by atoms with Crippen molar-refractivity contribution in [2.75, 3.05) is 0 Å². The van der Waals surface area contributed by atoms with Crippen LogP contribution >= 0.6 is 0 Å². The summed E-state index contributed by atoms with van der Waals surface area (Å²) in [7, 11) is 0. The molecule has 3 nitrogen and oxygen atoms in total. The van der Waals surface area contributed by atoms with Crippen molar-refractivity contribution in [3.8, 4) is 0 Å². The molecular weight excluding hydrogens is 371 g/mol. The summed E-state index contributed by atoms with van der Waals surface area (Å²) < 4.78 is 0. The zero-order chi connectivity index (χ0) is 15.8. The van der Waals surface area contributed by atoms with Crippen molar-refractivity contribution in [2.45, 2.75) is 96.5 Å². The van der Waals surface area contributed by atoms with Crippen LogP contribution < -0.4 is 0 Å². The number of unbranched alkanes of at least 4 members (excludes halogenated alkanes) is 8. The minimum Gasteiger partial charge on any atom is -0.481 e. The van der Waals surface area contributed by atoms with Gasteiger partial charge in [-0.05, 0) is 32.1 Å². The molecule has 133 valence electrons. The van der Waals surface area contributed by atoms with E-state index in [-0.39, 0.29) is 35.6 Å². The third kappa shape index (κ3) is 24.3. The first-order valence-corrected chi connectivity index (χ1v) is 8.71. The molecule has 23 heavy (non-hydrogen) atoms. The third-order valence-electron chi connectivity index (χ3n) is 3.73. The molecule has 0 aromatic carbocycles. The summed E-state index contributed by atoms with van der Waals surface area (Å²) in [5, 5.41) is 18.3. The Labute approximate surface area is 159 Å². The first kappa shape index (κ1) is 27.8. The fraction of sp³-hybridized carbons (Fsp3) is 0.833. The first-order valence-electron chi connectivity index (χ1n) is 8.71. The zero-order valence-electron chi connectivity index (χ0n) is 14.7. The predicted octanol–water partition coefficient (Wildman–Crippen LogP) is 4.70. The molecule has 5 heteroatoms. The first-order chi connectivity index (χ1) is 10.2. The summed E-state index contributed by atoms with van der Waals surface area (Å²) in [6.45, 7) is 2.20. The van der Waals surface area contributed by atoms with Gasteiger partial charge >= 0.3 is 5.97 Å². The largest absolute Gasteiger partial charge is 0.481 e. The minimum atomic E-state index is -0.689. The minimum absolute atomic E-state index is 0. The van der Waals surface area contributed by atoms with Crippen LogP contribution in [0.3, 0.4) is 0 Å². The van der Waals surface area contributed by atoms with Gasteiger partial charge in [0.2, 0.25) is 0 Å². The van der Waals surface area contributed by atoms with Crippen LogP contribution in [0.2, 0.25) is 0 Å². The maximum Gasteiger partial charge on any atom is 0.303 e. The Morgan fingerprint density at radius 2 is 1.57 bits per heavy atom. The molecule has 0 heterocycles. The van der Waals surface area contributed by atoms with Crippen LogP contribution in [0.15, 0.2) is 12.2 Å². The van der Waals surface area contributed by atoms with E-state index >= 15 is 0 Å². The van der Waals surface area contributed by atoms with Crippen LogP contribution in [0.4, 0.5) is 0 Å². The van der Waals surface area contributed by atoms with E-state index in [1.807, 2.05) is 0 Å². The molecule has 0 aromatic heterocycles. The Morgan fingerprint density at radius 3 is 2.22 bits per heavy atom. The van der Waals surface area contributed by atoms with Gasteiger partial charge in [-0.3, -0.25) is 4.79 Å². The number of carboxylic acids is 1. The van der Waals surface area contributed by atoms with Crippen molar-refractivity contribution in [1.82, 2.24) is 0 Å². The molecule has 0 spiro atoms. The molecule has 0 saturated heterocycles. The Bertz CT molecular complexity index is 273. The molecule has 0 rings (SSSR count). The number of allylic oxidation sites excluding steroid dienone is 1. The van der Waals surface area contributed by atoms with E-state index in [9.17, 15) is 9.90 Å². The van der Waals surface area contributed by atoms with Crippen LogP contribution in [0.25, 0.3) is 0 Å². The van der Waals surface area contributed by atoms with Gasteiger partial charge in [-0.1, -0.05) is 64.0 Å². The summed E-state index contributed by atoms with van der Waals surface area (Å²) >= 11 is 0. The van der Waals surface area contributed by atoms with E-state index in [2.05, 4.69) is 19.1 Å². The van der Waals surface area contributed by atoms with Crippen LogP contribution in [0, 0.1) is 0 Å². The number of carbonyl (C=O) groups is 1. The normalized spacial score (nSPS) is 11.7. The molecule has 0 aliphatic rings. The van der Waals surface area contributed by atoms with Crippen molar-refractivity contribution in [3.63, 3.8) is 0 Å². The van der Waals surface area contributed by atoms with Gasteiger partial charge in [-0.25, -0.2) is 0 Å². The van der Waals surface area contributed by atoms with E-state index < -0.39 is 5.97 Å². The van der Waals surface area contributed by atoms with Gasteiger partial charge in [0.05, 0.1) is 6.10 Å². The molecule has 0 bridgehead atoms. The predicted molar refractivity (Wildman–Crippen MR) is 94.2 cm³/mol. The molecule has 0 aliphatic heterocycles. The molecule has 2 N–H and O–H groups in total. The second-order valence-electron chi connectivity index (χ2n) is 5.91.